The molecule has 0 aliphatic heterocycles. The summed E-state index contributed by atoms with van der Waals surface area (Å²) in [7, 11) is 0. The van der Waals surface area contributed by atoms with Gasteiger partial charge in [-0.2, -0.15) is 22.0 Å². The van der Waals surface area contributed by atoms with E-state index >= 15 is 0 Å². The van der Waals surface area contributed by atoms with Gasteiger partial charge in [0.1, 0.15) is 40.1 Å². The maximum Gasteiger partial charge on any atom is 0.432 e. The van der Waals surface area contributed by atoms with E-state index in [1.807, 2.05) is 0 Å². The summed E-state index contributed by atoms with van der Waals surface area (Å²) in [6, 6.07) is 1.29. The van der Waals surface area contributed by atoms with Gasteiger partial charge in [0.15, 0.2) is 0 Å². The molecule has 10 heteroatoms. The van der Waals surface area contributed by atoms with Gasteiger partial charge in [0, 0.05) is 12.1 Å². The van der Waals surface area contributed by atoms with Gasteiger partial charge in [0.2, 0.25) is 0 Å². The van der Waals surface area contributed by atoms with Crippen LogP contribution in [-0.4, -0.2) is 0 Å². The molecule has 0 bridgehead atoms. The van der Waals surface area contributed by atoms with E-state index in [-0.39, 0.29) is 23.6 Å². The Morgan fingerprint density at radius 2 is 1.24 bits per heavy atom. The molecule has 0 spiro atoms. The van der Waals surface area contributed by atoms with E-state index in [1.165, 1.54) is 0 Å². The molecule has 1 nitrogen and oxygen atoms in total. The van der Waals surface area contributed by atoms with E-state index in [0.717, 1.165) is 37.8 Å². The van der Waals surface area contributed by atoms with E-state index < -0.39 is 52.4 Å². The van der Waals surface area contributed by atoms with E-state index in [2.05, 4.69) is 11.7 Å². The van der Waals surface area contributed by atoms with Gasteiger partial charge in [0.05, 0.1) is 0 Å². The predicted molar refractivity (Wildman–Crippen MR) is 102 cm³/mol. The first-order chi connectivity index (χ1) is 15.3. The van der Waals surface area contributed by atoms with Crippen molar-refractivity contribution in [2.45, 2.75) is 63.7 Å². The van der Waals surface area contributed by atoms with E-state index in [4.69, 9.17) is 0 Å². The standard InChI is InChI=1S/C23H21F9O/c1-2-3-12-4-6-13(7-5-12)14-8-16(24)21(17(25)9-14)23(31,32)33-15-10-18(26)20(19(27)11-15)22(28,29)30/h8-13H,2-7H2,1H3/t12-,13-. The van der Waals surface area contributed by atoms with Crippen molar-refractivity contribution >= 4 is 0 Å². The van der Waals surface area contributed by atoms with Gasteiger partial charge in [-0.3, -0.25) is 0 Å². The van der Waals surface area contributed by atoms with Crippen molar-refractivity contribution in [1.29, 1.82) is 0 Å². The molecule has 1 aliphatic carbocycles. The first-order valence-electron chi connectivity index (χ1n) is 10.5. The largest absolute Gasteiger partial charge is 0.432 e. The number of alkyl halides is 5. The molecule has 0 saturated heterocycles. The van der Waals surface area contributed by atoms with Crippen molar-refractivity contribution in [3.63, 3.8) is 0 Å². The third-order valence-corrected chi connectivity index (χ3v) is 5.92. The van der Waals surface area contributed by atoms with Crippen LogP contribution in [0, 0.1) is 29.2 Å². The lowest BCUT2D eigenvalue weighted by Crippen LogP contribution is -2.26. The molecule has 1 fully saturated rings. The van der Waals surface area contributed by atoms with Gasteiger partial charge in [0.25, 0.3) is 0 Å². The lowest BCUT2D eigenvalue weighted by Gasteiger charge is -2.29. The van der Waals surface area contributed by atoms with Crippen LogP contribution in [0.25, 0.3) is 0 Å². The first kappa shape index (κ1) is 25.2. The third-order valence-electron chi connectivity index (χ3n) is 5.92. The second kappa shape index (κ2) is 9.46. The van der Waals surface area contributed by atoms with Crippen LogP contribution in [0.1, 0.15) is 68.1 Å². The molecule has 3 rings (SSSR count). The molecule has 1 saturated carbocycles. The second-order valence-electron chi connectivity index (χ2n) is 8.24. The van der Waals surface area contributed by atoms with Crippen molar-refractivity contribution in [3.8, 4) is 5.75 Å². The highest BCUT2D eigenvalue weighted by molar-refractivity contribution is 5.35. The highest BCUT2D eigenvalue weighted by atomic mass is 19.4. The van der Waals surface area contributed by atoms with Gasteiger partial charge < -0.3 is 4.74 Å². The fraction of sp³-hybridized carbons (Fsp3) is 0.478. The Kier molecular flexibility index (Phi) is 7.24. The Balaban J connectivity index is 1.84. The van der Waals surface area contributed by atoms with Gasteiger partial charge in [-0.25, -0.2) is 17.6 Å². The minimum absolute atomic E-state index is 0.126. The number of benzene rings is 2. The molecule has 182 valence electrons. The Hall–Kier alpha value is -2.39. The molecule has 0 aromatic heterocycles. The molecule has 0 atom stereocenters. The molecule has 2 aromatic carbocycles. The van der Waals surface area contributed by atoms with Gasteiger partial charge in [-0.05, 0) is 55.2 Å². The molecule has 0 radical (unpaired) electrons. The van der Waals surface area contributed by atoms with Crippen LogP contribution in [0.3, 0.4) is 0 Å². The van der Waals surface area contributed by atoms with E-state index in [1.54, 1.807) is 0 Å². The Labute approximate surface area is 184 Å². The summed E-state index contributed by atoms with van der Waals surface area (Å²) >= 11 is 0. The van der Waals surface area contributed by atoms with Gasteiger partial charge >= 0.3 is 12.3 Å². The highest BCUT2D eigenvalue weighted by Crippen LogP contribution is 2.42. The van der Waals surface area contributed by atoms with Crippen LogP contribution < -0.4 is 4.74 Å². The van der Waals surface area contributed by atoms with Crippen molar-refractivity contribution in [3.05, 3.63) is 64.2 Å². The van der Waals surface area contributed by atoms with Crippen LogP contribution >= 0.6 is 0 Å². The number of hydrogen-bond donors (Lipinski definition) is 0. The second-order valence-corrected chi connectivity index (χ2v) is 8.24. The molecular formula is C23H21F9O. The first-order valence-corrected chi connectivity index (χ1v) is 10.5. The number of halogens is 9. The maximum atomic E-state index is 14.5. The summed E-state index contributed by atoms with van der Waals surface area (Å²) < 4.78 is 127. The predicted octanol–water partition coefficient (Wildman–Crippen LogP) is 8.46. The highest BCUT2D eigenvalue weighted by Gasteiger charge is 2.43. The van der Waals surface area contributed by atoms with Crippen molar-refractivity contribution in [1.82, 2.24) is 0 Å². The summed E-state index contributed by atoms with van der Waals surface area (Å²) in [4.78, 5) is 0. The lowest BCUT2D eigenvalue weighted by molar-refractivity contribution is -0.189. The molecular weight excluding hydrogens is 463 g/mol. The van der Waals surface area contributed by atoms with Crippen LogP contribution in [0.15, 0.2) is 24.3 Å². The van der Waals surface area contributed by atoms with Crippen LogP contribution in [0.4, 0.5) is 39.5 Å². The third kappa shape index (κ3) is 5.58. The van der Waals surface area contributed by atoms with Crippen LogP contribution in [-0.2, 0) is 12.3 Å². The average Bonchev–Trinajstić information content (AvgIpc) is 2.65. The number of hydrogen-bond acceptors (Lipinski definition) is 1. The van der Waals surface area contributed by atoms with E-state index in [9.17, 15) is 39.5 Å². The smallest absolute Gasteiger partial charge is 0.429 e. The molecule has 0 heterocycles. The summed E-state index contributed by atoms with van der Waals surface area (Å²) in [6.07, 6.45) is -5.08. The lowest BCUT2D eigenvalue weighted by atomic mass is 9.77. The molecule has 0 amide bonds. The fourth-order valence-corrected chi connectivity index (χ4v) is 4.38. The van der Waals surface area contributed by atoms with Crippen molar-refractivity contribution < 1.29 is 44.3 Å². The van der Waals surface area contributed by atoms with Gasteiger partial charge in [-0.1, -0.05) is 19.8 Å². The number of ether oxygens (including phenoxy) is 1. The van der Waals surface area contributed by atoms with Crippen LogP contribution in [0.5, 0.6) is 5.75 Å². The molecule has 1 aliphatic rings. The Bertz CT molecular complexity index is 946. The quantitative estimate of drug-likeness (QED) is 0.374. The minimum Gasteiger partial charge on any atom is -0.429 e. The number of rotatable bonds is 6. The zero-order chi connectivity index (χ0) is 24.6. The van der Waals surface area contributed by atoms with Crippen molar-refractivity contribution in [2.75, 3.05) is 0 Å². The minimum atomic E-state index is -5.42. The molecule has 33 heavy (non-hydrogen) atoms. The Morgan fingerprint density at radius 1 is 0.758 bits per heavy atom. The monoisotopic (exact) mass is 484 g/mol. The average molecular weight is 484 g/mol. The Morgan fingerprint density at radius 3 is 1.70 bits per heavy atom. The molecule has 0 N–H and O–H groups in total. The van der Waals surface area contributed by atoms with Crippen molar-refractivity contribution in [2.24, 2.45) is 5.92 Å². The molecule has 2 aromatic rings. The summed E-state index contributed by atoms with van der Waals surface area (Å²) in [5.74, 6) is -8.71. The zero-order valence-electron chi connectivity index (χ0n) is 17.5. The molecule has 0 unspecified atom stereocenters. The summed E-state index contributed by atoms with van der Waals surface area (Å²) in [5, 5.41) is 0. The van der Waals surface area contributed by atoms with E-state index in [0.29, 0.717) is 18.8 Å². The van der Waals surface area contributed by atoms with Crippen LogP contribution in [0.2, 0.25) is 0 Å². The van der Waals surface area contributed by atoms with Gasteiger partial charge in [-0.15, -0.1) is 0 Å². The SMILES string of the molecule is CCC[C@H]1CC[C@H](c2cc(F)c(C(F)(F)Oc3cc(F)c(C(F)(F)F)c(F)c3)c(F)c2)CC1. The normalized spacial score (nSPS) is 19.6. The zero-order valence-corrected chi connectivity index (χ0v) is 17.5. The topological polar surface area (TPSA) is 9.23 Å². The summed E-state index contributed by atoms with van der Waals surface area (Å²) in [6.45, 7) is 2.06. The fourth-order valence-electron chi connectivity index (χ4n) is 4.38. The maximum absolute atomic E-state index is 14.5. The summed E-state index contributed by atoms with van der Waals surface area (Å²) in [5.41, 5.74) is -3.88.